The number of rotatable bonds is 7. The molecule has 8 heteroatoms. The number of phenols is 8. The van der Waals surface area contributed by atoms with Gasteiger partial charge in [0.2, 0.25) is 0 Å². The second-order valence-corrected chi connectivity index (χ2v) is 12.1. The van der Waals surface area contributed by atoms with Gasteiger partial charge in [0.1, 0.15) is 0 Å². The molecule has 0 radical (unpaired) electrons. The van der Waals surface area contributed by atoms with Crippen molar-refractivity contribution < 1.29 is 40.9 Å². The van der Waals surface area contributed by atoms with Crippen LogP contribution < -0.4 is 0 Å². The fourth-order valence-electron chi connectivity index (χ4n) is 6.64. The van der Waals surface area contributed by atoms with Crippen molar-refractivity contribution >= 4 is 0 Å². The largest absolute Gasteiger partial charge is 0.504 e. The van der Waals surface area contributed by atoms with E-state index >= 15 is 0 Å². The van der Waals surface area contributed by atoms with E-state index in [0.29, 0.717) is 33.4 Å². The van der Waals surface area contributed by atoms with Gasteiger partial charge in [0, 0.05) is 33.1 Å². The minimum Gasteiger partial charge on any atom is -0.504 e. The van der Waals surface area contributed by atoms with E-state index in [4.69, 9.17) is 0 Å². The summed E-state index contributed by atoms with van der Waals surface area (Å²) in [5, 5.41) is 85.0. The predicted molar refractivity (Wildman–Crippen MR) is 182 cm³/mol. The Hall–Kier alpha value is -6.28. The topological polar surface area (TPSA) is 162 Å². The predicted octanol–water partition coefficient (Wildman–Crippen LogP) is 7.71. The van der Waals surface area contributed by atoms with Gasteiger partial charge >= 0.3 is 0 Å². The highest BCUT2D eigenvalue weighted by Crippen LogP contribution is 2.51. The summed E-state index contributed by atoms with van der Waals surface area (Å²) in [6.07, 6.45) is 0. The van der Waals surface area contributed by atoms with Gasteiger partial charge in [0.05, 0.1) is 0 Å². The molecule has 0 aliphatic rings. The van der Waals surface area contributed by atoms with E-state index < -0.39 is 10.8 Å². The van der Waals surface area contributed by atoms with Crippen LogP contribution in [0, 0.1) is 0 Å². The van der Waals surface area contributed by atoms with Crippen molar-refractivity contribution in [3.05, 3.63) is 155 Å². The SMILES string of the molecule is CC(c1ccc(-c2ccc(C(C)(c3cccc(O)c3O)c3cccc(O)c3O)cc2)cc1)(c1cccc(O)c1O)c1cccc(O)c1O. The first-order valence-electron chi connectivity index (χ1n) is 15.2. The minimum absolute atomic E-state index is 0.319. The normalized spacial score (nSPS) is 11.8. The van der Waals surface area contributed by atoms with E-state index in [9.17, 15) is 40.9 Å². The molecule has 0 unspecified atom stereocenters. The second-order valence-electron chi connectivity index (χ2n) is 12.1. The van der Waals surface area contributed by atoms with E-state index in [2.05, 4.69) is 0 Å². The molecule has 0 fully saturated rings. The van der Waals surface area contributed by atoms with Crippen LogP contribution in [-0.4, -0.2) is 40.9 Å². The quantitative estimate of drug-likeness (QED) is 0.0649. The van der Waals surface area contributed by atoms with Crippen molar-refractivity contribution in [2.75, 3.05) is 0 Å². The first-order chi connectivity index (χ1) is 22.9. The smallest absolute Gasteiger partial charge is 0.161 e. The molecule has 48 heavy (non-hydrogen) atoms. The fraction of sp³-hybridized carbons (Fsp3) is 0.100. The molecule has 0 saturated heterocycles. The lowest BCUT2D eigenvalue weighted by atomic mass is 9.69. The van der Waals surface area contributed by atoms with Gasteiger partial charge in [-0.25, -0.2) is 0 Å². The molecular formula is C40H34O8. The van der Waals surface area contributed by atoms with Crippen LogP contribution in [0.15, 0.2) is 121 Å². The molecule has 0 heterocycles. The van der Waals surface area contributed by atoms with Gasteiger partial charge in [0.15, 0.2) is 46.0 Å². The van der Waals surface area contributed by atoms with Crippen LogP contribution in [0.2, 0.25) is 0 Å². The van der Waals surface area contributed by atoms with Crippen molar-refractivity contribution in [3.63, 3.8) is 0 Å². The van der Waals surface area contributed by atoms with Gasteiger partial charge in [-0.2, -0.15) is 0 Å². The van der Waals surface area contributed by atoms with Gasteiger partial charge in [-0.15, -0.1) is 0 Å². The second kappa shape index (κ2) is 11.8. The molecule has 0 atom stereocenters. The third-order valence-corrected chi connectivity index (χ3v) is 9.47. The number of hydrogen-bond acceptors (Lipinski definition) is 8. The van der Waals surface area contributed by atoms with E-state index in [-0.39, 0.29) is 46.0 Å². The molecule has 6 rings (SSSR count). The first-order valence-corrected chi connectivity index (χ1v) is 15.2. The summed E-state index contributed by atoms with van der Waals surface area (Å²) < 4.78 is 0. The van der Waals surface area contributed by atoms with Gasteiger partial charge in [-0.05, 0) is 60.4 Å². The van der Waals surface area contributed by atoms with E-state index in [1.165, 1.54) is 24.3 Å². The molecule has 6 aromatic carbocycles. The van der Waals surface area contributed by atoms with Crippen LogP contribution in [0.4, 0.5) is 0 Å². The van der Waals surface area contributed by atoms with Crippen LogP contribution in [0.3, 0.4) is 0 Å². The Labute approximate surface area is 277 Å². The molecule has 242 valence electrons. The summed E-state index contributed by atoms with van der Waals surface area (Å²) in [6, 6.07) is 33.3. The standard InChI is InChI=1S/C40H34O8/c1-39(27-7-3-11-31(41)35(27)45,28-8-4-12-32(42)36(28)46)25-19-15-23(16-20-25)24-17-21-26(22-18-24)40(2,29-9-5-13-33(43)37(29)47)30-10-6-14-34(44)38(30)48/h3-22,41-48H,1-2H3. The van der Waals surface area contributed by atoms with Gasteiger partial charge in [0.25, 0.3) is 0 Å². The number of phenolic OH excluding ortho intramolecular Hbond substituents is 8. The Balaban J connectivity index is 1.44. The lowest BCUT2D eigenvalue weighted by molar-refractivity contribution is 0.384. The summed E-state index contributed by atoms with van der Waals surface area (Å²) in [6.45, 7) is 3.57. The Kier molecular flexibility index (Phi) is 7.80. The van der Waals surface area contributed by atoms with Crippen molar-refractivity contribution in [3.8, 4) is 57.1 Å². The lowest BCUT2D eigenvalue weighted by Crippen LogP contribution is -2.26. The van der Waals surface area contributed by atoms with Gasteiger partial charge in [-0.1, -0.05) is 97.1 Å². The maximum absolute atomic E-state index is 10.9. The minimum atomic E-state index is -1.19. The summed E-state index contributed by atoms with van der Waals surface area (Å²) in [7, 11) is 0. The van der Waals surface area contributed by atoms with Crippen molar-refractivity contribution in [2.45, 2.75) is 24.7 Å². The molecule has 0 amide bonds. The highest BCUT2D eigenvalue weighted by Gasteiger charge is 2.39. The van der Waals surface area contributed by atoms with Crippen molar-refractivity contribution in [1.82, 2.24) is 0 Å². The zero-order valence-corrected chi connectivity index (χ0v) is 26.1. The summed E-state index contributed by atoms with van der Waals surface area (Å²) in [5.74, 6) is -2.66. The third kappa shape index (κ3) is 4.95. The number of hydrogen-bond donors (Lipinski definition) is 8. The van der Waals surface area contributed by atoms with Crippen LogP contribution in [-0.2, 0) is 10.8 Å². The maximum atomic E-state index is 10.9. The number of para-hydroxylation sites is 4. The lowest BCUT2D eigenvalue weighted by Gasteiger charge is -2.33. The van der Waals surface area contributed by atoms with Crippen LogP contribution in [0.25, 0.3) is 11.1 Å². The molecule has 0 spiro atoms. The Bertz CT molecular complexity index is 1880. The highest BCUT2D eigenvalue weighted by atomic mass is 16.3. The van der Waals surface area contributed by atoms with Crippen LogP contribution in [0.1, 0.15) is 47.2 Å². The monoisotopic (exact) mass is 642 g/mol. The maximum Gasteiger partial charge on any atom is 0.161 e. The molecule has 0 aliphatic carbocycles. The molecule has 8 N–H and O–H groups in total. The average molecular weight is 643 g/mol. The number of benzene rings is 6. The molecular weight excluding hydrogens is 608 g/mol. The van der Waals surface area contributed by atoms with Gasteiger partial charge < -0.3 is 40.9 Å². The summed E-state index contributed by atoms with van der Waals surface area (Å²) in [4.78, 5) is 0. The van der Waals surface area contributed by atoms with Crippen LogP contribution in [0.5, 0.6) is 46.0 Å². The molecule has 8 nitrogen and oxygen atoms in total. The Morgan fingerprint density at radius 3 is 0.771 bits per heavy atom. The Morgan fingerprint density at radius 1 is 0.312 bits per heavy atom. The van der Waals surface area contributed by atoms with Crippen molar-refractivity contribution in [1.29, 1.82) is 0 Å². The fourth-order valence-corrected chi connectivity index (χ4v) is 6.64. The molecule has 0 saturated carbocycles. The zero-order valence-electron chi connectivity index (χ0n) is 26.1. The van der Waals surface area contributed by atoms with Crippen LogP contribution >= 0.6 is 0 Å². The van der Waals surface area contributed by atoms with E-state index in [1.54, 1.807) is 62.4 Å². The molecule has 6 aromatic rings. The first kappa shape index (κ1) is 31.7. The number of aromatic hydroxyl groups is 8. The van der Waals surface area contributed by atoms with E-state index in [0.717, 1.165) is 11.1 Å². The third-order valence-electron chi connectivity index (χ3n) is 9.47. The van der Waals surface area contributed by atoms with Gasteiger partial charge in [-0.3, -0.25) is 0 Å². The molecule has 0 aromatic heterocycles. The Morgan fingerprint density at radius 2 is 0.542 bits per heavy atom. The average Bonchev–Trinajstić information content (AvgIpc) is 3.09. The van der Waals surface area contributed by atoms with E-state index in [1.807, 2.05) is 48.5 Å². The zero-order chi connectivity index (χ0) is 34.4. The highest BCUT2D eigenvalue weighted by molar-refractivity contribution is 5.69. The summed E-state index contributed by atoms with van der Waals surface area (Å²) in [5.41, 5.74) is 1.90. The summed E-state index contributed by atoms with van der Waals surface area (Å²) >= 11 is 0. The molecule has 0 aliphatic heterocycles. The molecule has 0 bridgehead atoms. The van der Waals surface area contributed by atoms with Crippen molar-refractivity contribution in [2.24, 2.45) is 0 Å².